The number of aldehydes is 1. The van der Waals surface area contributed by atoms with Gasteiger partial charge in [0.05, 0.1) is 11.5 Å². The summed E-state index contributed by atoms with van der Waals surface area (Å²) in [5, 5.41) is 0. The third-order valence-corrected chi connectivity index (χ3v) is 6.40. The Kier molecular flexibility index (Phi) is 8.85. The van der Waals surface area contributed by atoms with Crippen molar-refractivity contribution in [3.8, 4) is 0 Å². The molecule has 30 heavy (non-hydrogen) atoms. The molecule has 1 heterocycles. The molecule has 0 aromatic carbocycles. The van der Waals surface area contributed by atoms with E-state index >= 15 is 0 Å². The number of rotatable bonds is 5. The van der Waals surface area contributed by atoms with Crippen LogP contribution in [0.25, 0.3) is 0 Å². The van der Waals surface area contributed by atoms with Crippen LogP contribution in [0.1, 0.15) is 72.6 Å². The van der Waals surface area contributed by atoms with Crippen molar-refractivity contribution in [2.24, 2.45) is 17.3 Å². The summed E-state index contributed by atoms with van der Waals surface area (Å²) in [7, 11) is 1.57. The van der Waals surface area contributed by atoms with Crippen molar-refractivity contribution >= 4 is 18.2 Å². The van der Waals surface area contributed by atoms with Crippen LogP contribution in [0.5, 0.6) is 0 Å². The van der Waals surface area contributed by atoms with Gasteiger partial charge in [-0.3, -0.25) is 4.79 Å². The number of carbonyl (C=O) groups excluding carboxylic acids is 3. The van der Waals surface area contributed by atoms with Gasteiger partial charge in [-0.1, -0.05) is 6.92 Å². The van der Waals surface area contributed by atoms with Crippen molar-refractivity contribution in [3.05, 3.63) is 0 Å². The molecule has 4 atom stereocenters. The lowest BCUT2D eigenvalue weighted by Crippen LogP contribution is -2.54. The van der Waals surface area contributed by atoms with Crippen molar-refractivity contribution in [2.45, 2.75) is 84.3 Å². The minimum absolute atomic E-state index is 0.0406. The molecule has 1 unspecified atom stereocenters. The Balaban J connectivity index is 2.27. The topological polar surface area (TPSA) is 82.1 Å². The van der Waals surface area contributed by atoms with Crippen LogP contribution in [0, 0.1) is 17.3 Å². The highest BCUT2D eigenvalue weighted by atomic mass is 16.7. The van der Waals surface area contributed by atoms with Crippen molar-refractivity contribution < 1.29 is 28.6 Å². The summed E-state index contributed by atoms with van der Waals surface area (Å²) in [4.78, 5) is 39.4. The number of ketones is 1. The van der Waals surface area contributed by atoms with E-state index in [2.05, 4.69) is 6.92 Å². The van der Waals surface area contributed by atoms with Crippen molar-refractivity contribution in [3.63, 3.8) is 0 Å². The van der Waals surface area contributed by atoms with Crippen LogP contribution in [0.2, 0.25) is 0 Å². The molecule has 0 bridgehead atoms. The van der Waals surface area contributed by atoms with Crippen molar-refractivity contribution in [1.82, 2.24) is 4.90 Å². The summed E-state index contributed by atoms with van der Waals surface area (Å²) in [5.74, 6) is 0.496. The Bertz CT molecular complexity index is 601. The van der Waals surface area contributed by atoms with Gasteiger partial charge in [-0.2, -0.15) is 0 Å². The molecule has 7 heteroatoms. The molecule has 1 saturated heterocycles. The monoisotopic (exact) mass is 425 g/mol. The second-order valence-corrected chi connectivity index (χ2v) is 9.88. The van der Waals surface area contributed by atoms with E-state index in [0.29, 0.717) is 51.1 Å². The molecule has 1 aliphatic heterocycles. The molecule has 1 aliphatic carbocycles. The Morgan fingerprint density at radius 2 is 1.93 bits per heavy atom. The van der Waals surface area contributed by atoms with Crippen LogP contribution in [0.15, 0.2) is 0 Å². The highest BCUT2D eigenvalue weighted by Crippen LogP contribution is 2.51. The number of nitrogens with zero attached hydrogens (tertiary/aromatic N) is 1. The summed E-state index contributed by atoms with van der Waals surface area (Å²) in [6, 6.07) is 0. The SMILES string of the molecule is COCO[C@H]1C[C@H](C)C[C@@H](CC=O)C12CCCN(C(=O)OC(C)(C)C)CCCC2=O. The van der Waals surface area contributed by atoms with E-state index in [1.807, 2.05) is 20.8 Å². The van der Waals surface area contributed by atoms with Gasteiger partial charge in [0.1, 0.15) is 24.5 Å². The highest BCUT2D eigenvalue weighted by Gasteiger charge is 2.54. The molecular formula is C23H39NO6. The average molecular weight is 426 g/mol. The van der Waals surface area contributed by atoms with Gasteiger partial charge in [-0.15, -0.1) is 0 Å². The molecule has 1 saturated carbocycles. The van der Waals surface area contributed by atoms with E-state index in [-0.39, 0.29) is 30.7 Å². The van der Waals surface area contributed by atoms with Crippen LogP contribution >= 0.6 is 0 Å². The summed E-state index contributed by atoms with van der Waals surface area (Å²) in [6.07, 6.45) is 4.53. The molecular weight excluding hydrogens is 386 g/mol. The van der Waals surface area contributed by atoms with Gasteiger partial charge in [0, 0.05) is 33.0 Å². The summed E-state index contributed by atoms with van der Waals surface area (Å²) in [5.41, 5.74) is -1.25. The average Bonchev–Trinajstić information content (AvgIpc) is 2.72. The lowest BCUT2D eigenvalue weighted by molar-refractivity contribution is -0.176. The fraction of sp³-hybridized carbons (Fsp3) is 0.870. The molecule has 1 spiro atoms. The van der Waals surface area contributed by atoms with Crippen LogP contribution in [-0.4, -0.2) is 61.8 Å². The molecule has 2 rings (SSSR count). The standard InChI is InChI=1S/C23H39NO6/c1-17-14-18(9-13-25)23(20(15-17)29-16-28-5)10-7-12-24(11-6-8-19(23)26)21(27)30-22(2,3)4/h13,17-18,20H,6-12,14-16H2,1-5H3/t17-,18-,20+,23?/m1/s1. The van der Waals surface area contributed by atoms with Crippen molar-refractivity contribution in [2.75, 3.05) is 27.0 Å². The molecule has 2 fully saturated rings. The predicted molar refractivity (Wildman–Crippen MR) is 113 cm³/mol. The second kappa shape index (κ2) is 10.7. The second-order valence-electron chi connectivity index (χ2n) is 9.88. The first-order valence-electron chi connectivity index (χ1n) is 11.2. The van der Waals surface area contributed by atoms with E-state index in [1.165, 1.54) is 0 Å². The number of carbonyl (C=O) groups is 3. The summed E-state index contributed by atoms with van der Waals surface area (Å²) < 4.78 is 16.7. The molecule has 0 aromatic heterocycles. The molecule has 2 aliphatic rings. The Labute approximate surface area is 180 Å². The molecule has 0 radical (unpaired) electrons. The molecule has 1 amide bonds. The zero-order chi connectivity index (χ0) is 22.4. The maximum absolute atomic E-state index is 13.6. The Hall–Kier alpha value is -1.47. The van der Waals surface area contributed by atoms with Gasteiger partial charge in [0.2, 0.25) is 0 Å². The Morgan fingerprint density at radius 3 is 2.57 bits per heavy atom. The van der Waals surface area contributed by atoms with E-state index in [9.17, 15) is 14.4 Å². The third kappa shape index (κ3) is 6.03. The normalized spacial score (nSPS) is 31.0. The fourth-order valence-corrected chi connectivity index (χ4v) is 5.18. The summed E-state index contributed by atoms with van der Waals surface area (Å²) >= 11 is 0. The zero-order valence-corrected chi connectivity index (χ0v) is 19.3. The van der Waals surface area contributed by atoms with Gasteiger partial charge < -0.3 is 23.9 Å². The van der Waals surface area contributed by atoms with Crippen LogP contribution in [0.3, 0.4) is 0 Å². The zero-order valence-electron chi connectivity index (χ0n) is 19.3. The molecule has 0 aromatic rings. The van der Waals surface area contributed by atoms with Crippen LogP contribution in [-0.2, 0) is 23.8 Å². The third-order valence-electron chi connectivity index (χ3n) is 6.40. The predicted octanol–water partition coefficient (Wildman–Crippen LogP) is 3.98. The number of methoxy groups -OCH3 is 1. The van der Waals surface area contributed by atoms with Gasteiger partial charge >= 0.3 is 6.09 Å². The van der Waals surface area contributed by atoms with E-state index in [1.54, 1.807) is 12.0 Å². The van der Waals surface area contributed by atoms with Crippen LogP contribution in [0.4, 0.5) is 4.79 Å². The van der Waals surface area contributed by atoms with Crippen molar-refractivity contribution in [1.29, 1.82) is 0 Å². The lowest BCUT2D eigenvalue weighted by atomic mass is 9.56. The van der Waals surface area contributed by atoms with E-state index in [4.69, 9.17) is 14.2 Å². The smallest absolute Gasteiger partial charge is 0.410 e. The molecule has 172 valence electrons. The quantitative estimate of drug-likeness (QED) is 0.489. The minimum atomic E-state index is -0.699. The number of amides is 1. The molecule has 0 N–H and O–H groups in total. The van der Waals surface area contributed by atoms with E-state index in [0.717, 1.165) is 19.1 Å². The minimum Gasteiger partial charge on any atom is -0.444 e. The fourth-order valence-electron chi connectivity index (χ4n) is 5.18. The number of hydrogen-bond donors (Lipinski definition) is 0. The highest BCUT2D eigenvalue weighted by molar-refractivity contribution is 5.86. The first-order valence-corrected chi connectivity index (χ1v) is 11.2. The number of hydrogen-bond acceptors (Lipinski definition) is 6. The maximum atomic E-state index is 13.6. The van der Waals surface area contributed by atoms with Gasteiger partial charge in [0.15, 0.2) is 0 Å². The first-order chi connectivity index (χ1) is 14.1. The maximum Gasteiger partial charge on any atom is 0.410 e. The van der Waals surface area contributed by atoms with Gasteiger partial charge in [-0.05, 0) is 64.7 Å². The van der Waals surface area contributed by atoms with Gasteiger partial charge in [0.25, 0.3) is 0 Å². The number of Topliss-reactive ketones (excluding diaryl/α,β-unsaturated/α-hetero) is 1. The molecule has 7 nitrogen and oxygen atoms in total. The number of ether oxygens (including phenoxy) is 3. The Morgan fingerprint density at radius 1 is 1.23 bits per heavy atom. The summed E-state index contributed by atoms with van der Waals surface area (Å²) in [6.45, 7) is 8.86. The van der Waals surface area contributed by atoms with E-state index < -0.39 is 11.0 Å². The van der Waals surface area contributed by atoms with Gasteiger partial charge in [-0.25, -0.2) is 4.79 Å². The largest absolute Gasteiger partial charge is 0.444 e. The lowest BCUT2D eigenvalue weighted by Gasteiger charge is -2.50. The van der Waals surface area contributed by atoms with Crippen LogP contribution < -0.4 is 0 Å². The first kappa shape index (κ1) is 24.8.